The number of aromatic nitrogens is 2. The van der Waals surface area contributed by atoms with Crippen LogP contribution >= 0.6 is 0 Å². The first-order chi connectivity index (χ1) is 14.1. The van der Waals surface area contributed by atoms with E-state index in [2.05, 4.69) is 46.2 Å². The summed E-state index contributed by atoms with van der Waals surface area (Å²) in [6, 6.07) is 10.4. The predicted octanol–water partition coefficient (Wildman–Crippen LogP) is 3.69. The first-order valence-electron chi connectivity index (χ1n) is 11.0. The lowest BCUT2D eigenvalue weighted by Gasteiger charge is -2.34. The largest absolute Gasteiger partial charge is 0.338 e. The summed E-state index contributed by atoms with van der Waals surface area (Å²) >= 11 is 0. The summed E-state index contributed by atoms with van der Waals surface area (Å²) < 4.78 is 0. The number of benzene rings is 1. The number of carbonyl (C=O) groups excluding carboxylic acids is 1. The summed E-state index contributed by atoms with van der Waals surface area (Å²) in [5.41, 5.74) is 2.74. The molecule has 1 aromatic carbocycles. The lowest BCUT2D eigenvalue weighted by Crippen LogP contribution is -2.42. The van der Waals surface area contributed by atoms with Gasteiger partial charge in [-0.05, 0) is 64.1 Å². The maximum absolute atomic E-state index is 13.5. The molecule has 0 N–H and O–H groups in total. The lowest BCUT2D eigenvalue weighted by molar-refractivity contribution is 0.0691. The SMILES string of the molecule is Cc1nc(C2CC2)ncc1C(=O)N(CCc1ccccc1)C[C@H]1CCCN(C)C1. The number of nitrogens with zero attached hydrogens (tertiary/aromatic N) is 4. The van der Waals surface area contributed by atoms with E-state index in [1.165, 1.54) is 31.2 Å². The van der Waals surface area contributed by atoms with E-state index in [9.17, 15) is 4.79 Å². The maximum Gasteiger partial charge on any atom is 0.257 e. The van der Waals surface area contributed by atoms with Crippen molar-refractivity contribution in [1.29, 1.82) is 0 Å². The monoisotopic (exact) mass is 392 g/mol. The molecule has 1 aliphatic carbocycles. The van der Waals surface area contributed by atoms with Crippen molar-refractivity contribution in [3.8, 4) is 0 Å². The summed E-state index contributed by atoms with van der Waals surface area (Å²) in [6.45, 7) is 5.70. The van der Waals surface area contributed by atoms with Gasteiger partial charge < -0.3 is 9.80 Å². The molecule has 29 heavy (non-hydrogen) atoms. The Bertz CT molecular complexity index is 834. The van der Waals surface area contributed by atoms with Crippen LogP contribution in [0.2, 0.25) is 0 Å². The highest BCUT2D eigenvalue weighted by Gasteiger charge is 2.29. The van der Waals surface area contributed by atoms with Gasteiger partial charge in [-0.25, -0.2) is 9.97 Å². The van der Waals surface area contributed by atoms with Crippen LogP contribution in [0.4, 0.5) is 0 Å². The number of hydrogen-bond donors (Lipinski definition) is 0. The third-order valence-electron chi connectivity index (χ3n) is 6.17. The third kappa shape index (κ3) is 5.21. The molecule has 5 nitrogen and oxygen atoms in total. The zero-order valence-electron chi connectivity index (χ0n) is 17.7. The molecule has 1 aromatic heterocycles. The average Bonchev–Trinajstić information content (AvgIpc) is 3.57. The number of likely N-dealkylation sites (tertiary alicyclic amines) is 1. The quantitative estimate of drug-likeness (QED) is 0.721. The molecule has 5 heteroatoms. The minimum absolute atomic E-state index is 0.0778. The zero-order valence-corrected chi connectivity index (χ0v) is 17.7. The van der Waals surface area contributed by atoms with Crippen LogP contribution in [0.15, 0.2) is 36.5 Å². The number of amides is 1. The van der Waals surface area contributed by atoms with Crippen LogP contribution in [-0.4, -0.2) is 58.9 Å². The minimum atomic E-state index is 0.0778. The molecule has 1 amide bonds. The van der Waals surface area contributed by atoms with Crippen molar-refractivity contribution >= 4 is 5.91 Å². The maximum atomic E-state index is 13.5. The fourth-order valence-corrected chi connectivity index (χ4v) is 4.32. The molecule has 4 rings (SSSR count). The highest BCUT2D eigenvalue weighted by Crippen LogP contribution is 2.38. The fraction of sp³-hybridized carbons (Fsp3) is 0.542. The second kappa shape index (κ2) is 9.04. The van der Waals surface area contributed by atoms with Crippen LogP contribution in [0.1, 0.15) is 59.0 Å². The molecule has 1 saturated carbocycles. The van der Waals surface area contributed by atoms with Crippen molar-refractivity contribution in [2.24, 2.45) is 5.92 Å². The Balaban J connectivity index is 1.50. The highest BCUT2D eigenvalue weighted by atomic mass is 16.2. The van der Waals surface area contributed by atoms with Crippen LogP contribution in [-0.2, 0) is 6.42 Å². The first kappa shape index (κ1) is 20.0. The Hall–Kier alpha value is -2.27. The normalized spacial score (nSPS) is 19.9. The average molecular weight is 393 g/mol. The van der Waals surface area contributed by atoms with E-state index >= 15 is 0 Å². The van der Waals surface area contributed by atoms with Gasteiger partial charge in [0.15, 0.2) is 0 Å². The van der Waals surface area contributed by atoms with Crippen molar-refractivity contribution < 1.29 is 4.79 Å². The van der Waals surface area contributed by atoms with Crippen molar-refractivity contribution in [1.82, 2.24) is 19.8 Å². The van der Waals surface area contributed by atoms with E-state index in [4.69, 9.17) is 0 Å². The molecule has 2 fully saturated rings. The Morgan fingerprint density at radius 3 is 2.69 bits per heavy atom. The molecule has 2 heterocycles. The van der Waals surface area contributed by atoms with E-state index in [1.54, 1.807) is 6.20 Å². The van der Waals surface area contributed by atoms with E-state index in [1.807, 2.05) is 17.9 Å². The number of rotatable bonds is 7. The van der Waals surface area contributed by atoms with Gasteiger partial charge in [0.1, 0.15) is 5.82 Å². The molecule has 154 valence electrons. The molecule has 0 spiro atoms. The zero-order chi connectivity index (χ0) is 20.2. The van der Waals surface area contributed by atoms with Crippen molar-refractivity contribution in [2.75, 3.05) is 33.2 Å². The van der Waals surface area contributed by atoms with Crippen LogP contribution in [0, 0.1) is 12.8 Å². The Morgan fingerprint density at radius 1 is 1.21 bits per heavy atom. The molecule has 0 unspecified atom stereocenters. The van der Waals surface area contributed by atoms with Gasteiger partial charge in [-0.3, -0.25) is 4.79 Å². The lowest BCUT2D eigenvalue weighted by atomic mass is 9.97. The van der Waals surface area contributed by atoms with Crippen molar-refractivity contribution in [3.63, 3.8) is 0 Å². The molecule has 0 bridgehead atoms. The van der Waals surface area contributed by atoms with Crippen LogP contribution < -0.4 is 0 Å². The summed E-state index contributed by atoms with van der Waals surface area (Å²) in [4.78, 5) is 27.1. The van der Waals surface area contributed by atoms with Gasteiger partial charge in [0.2, 0.25) is 0 Å². The highest BCUT2D eigenvalue weighted by molar-refractivity contribution is 5.95. The van der Waals surface area contributed by atoms with Gasteiger partial charge in [0, 0.05) is 31.7 Å². The van der Waals surface area contributed by atoms with E-state index < -0.39 is 0 Å². The third-order valence-corrected chi connectivity index (χ3v) is 6.17. The molecular weight excluding hydrogens is 360 g/mol. The molecule has 2 aliphatic rings. The number of hydrogen-bond acceptors (Lipinski definition) is 4. The van der Waals surface area contributed by atoms with Crippen LogP contribution in [0.3, 0.4) is 0 Å². The fourth-order valence-electron chi connectivity index (χ4n) is 4.32. The summed E-state index contributed by atoms with van der Waals surface area (Å²) in [7, 11) is 2.18. The number of aryl methyl sites for hydroxylation is 1. The Morgan fingerprint density at radius 2 is 2.00 bits per heavy atom. The smallest absolute Gasteiger partial charge is 0.257 e. The Labute approximate surface area is 174 Å². The van der Waals surface area contributed by atoms with Crippen molar-refractivity contribution in [2.45, 2.75) is 44.9 Å². The molecule has 0 radical (unpaired) electrons. The first-order valence-corrected chi connectivity index (χ1v) is 11.0. The van der Waals surface area contributed by atoms with Gasteiger partial charge >= 0.3 is 0 Å². The summed E-state index contributed by atoms with van der Waals surface area (Å²) in [6.07, 6.45) is 7.38. The van der Waals surface area contributed by atoms with Gasteiger partial charge in [-0.15, -0.1) is 0 Å². The molecule has 1 aliphatic heterocycles. The standard InChI is InChI=1S/C24H32N4O/c1-18-22(15-25-23(26-18)21-10-11-21)24(29)28(14-12-19-7-4-3-5-8-19)17-20-9-6-13-27(2)16-20/h3-5,7-8,15,20-21H,6,9-14,16-17H2,1-2H3/t20-/m0/s1. The van der Waals surface area contributed by atoms with Gasteiger partial charge in [-0.2, -0.15) is 0 Å². The van der Waals surface area contributed by atoms with E-state index in [-0.39, 0.29) is 5.91 Å². The second-order valence-corrected chi connectivity index (χ2v) is 8.76. The van der Waals surface area contributed by atoms with Gasteiger partial charge in [0.05, 0.1) is 11.3 Å². The molecule has 1 atom stereocenters. The number of carbonyl (C=O) groups is 1. The molecular formula is C24H32N4O. The topological polar surface area (TPSA) is 49.3 Å². The van der Waals surface area contributed by atoms with Crippen LogP contribution in [0.25, 0.3) is 0 Å². The molecule has 2 aromatic rings. The van der Waals surface area contributed by atoms with Crippen molar-refractivity contribution in [3.05, 3.63) is 59.2 Å². The number of piperidine rings is 1. The van der Waals surface area contributed by atoms with E-state index in [0.29, 0.717) is 17.4 Å². The summed E-state index contributed by atoms with van der Waals surface area (Å²) in [5, 5.41) is 0. The second-order valence-electron chi connectivity index (χ2n) is 8.76. The van der Waals surface area contributed by atoms with Gasteiger partial charge in [0.25, 0.3) is 5.91 Å². The molecule has 1 saturated heterocycles. The summed E-state index contributed by atoms with van der Waals surface area (Å²) in [5.74, 6) is 2.02. The van der Waals surface area contributed by atoms with E-state index in [0.717, 1.165) is 44.1 Å². The predicted molar refractivity (Wildman–Crippen MR) is 115 cm³/mol. The van der Waals surface area contributed by atoms with Gasteiger partial charge in [-0.1, -0.05) is 30.3 Å². The minimum Gasteiger partial charge on any atom is -0.338 e. The van der Waals surface area contributed by atoms with Crippen LogP contribution in [0.5, 0.6) is 0 Å². The Kier molecular flexibility index (Phi) is 6.24.